The summed E-state index contributed by atoms with van der Waals surface area (Å²) in [6, 6.07) is 7.77. The minimum absolute atomic E-state index is 0.101. The summed E-state index contributed by atoms with van der Waals surface area (Å²) in [6.45, 7) is 1.70. The quantitative estimate of drug-likeness (QED) is 0.827. The Bertz CT molecular complexity index is 779. The lowest BCUT2D eigenvalue weighted by Crippen LogP contribution is -2.38. The van der Waals surface area contributed by atoms with Crippen LogP contribution in [0.2, 0.25) is 0 Å². The molecule has 2 N–H and O–H groups in total. The van der Waals surface area contributed by atoms with E-state index in [1.165, 1.54) is 0 Å². The van der Waals surface area contributed by atoms with Gasteiger partial charge >= 0.3 is 0 Å². The fourth-order valence-corrected chi connectivity index (χ4v) is 3.19. The largest absolute Gasteiger partial charge is 0.487 e. The van der Waals surface area contributed by atoms with Gasteiger partial charge < -0.3 is 14.7 Å². The number of para-hydroxylation sites is 1. The molecular weight excluding hydrogens is 294 g/mol. The molecule has 2 aromatic rings. The van der Waals surface area contributed by atoms with Crippen LogP contribution in [0.15, 0.2) is 29.1 Å². The van der Waals surface area contributed by atoms with E-state index in [0.717, 1.165) is 11.3 Å². The molecule has 0 unspecified atom stereocenters. The van der Waals surface area contributed by atoms with Crippen LogP contribution in [-0.2, 0) is 13.0 Å². The lowest BCUT2D eigenvalue weighted by Gasteiger charge is -2.30. The van der Waals surface area contributed by atoms with Crippen LogP contribution in [0.25, 0.3) is 0 Å². The molecule has 0 radical (unpaired) electrons. The Morgan fingerprint density at radius 1 is 1.26 bits per heavy atom. The Morgan fingerprint density at radius 3 is 2.87 bits per heavy atom. The number of aliphatic hydroxyl groups is 1. The van der Waals surface area contributed by atoms with Crippen molar-refractivity contribution in [2.24, 2.45) is 0 Å². The average Bonchev–Trinajstić information content (AvgIpc) is 2.75. The molecule has 1 aromatic carbocycles. The number of benzene rings is 1. The van der Waals surface area contributed by atoms with E-state index in [-0.39, 0.29) is 11.7 Å². The second-order valence-electron chi connectivity index (χ2n) is 6.11. The standard InChI is InChI=1S/C17H19N3O3/c21-12-5-7-20(8-6-12)17-18-14-10-23-15-4-2-1-3-11(15)9-13(14)16(22)19-17/h1-4,12,21H,5-10H2,(H,18,19,22). The van der Waals surface area contributed by atoms with Gasteiger partial charge in [0.2, 0.25) is 5.95 Å². The van der Waals surface area contributed by atoms with Gasteiger partial charge in [-0.2, -0.15) is 0 Å². The lowest BCUT2D eigenvalue weighted by atomic mass is 10.1. The SMILES string of the molecule is O=c1[nH]c(N2CCC(O)CC2)nc2c1Cc1ccccc1OC2. The van der Waals surface area contributed by atoms with Crippen molar-refractivity contribution in [1.82, 2.24) is 9.97 Å². The summed E-state index contributed by atoms with van der Waals surface area (Å²) < 4.78 is 5.82. The molecule has 0 saturated carbocycles. The van der Waals surface area contributed by atoms with Gasteiger partial charge in [0.05, 0.1) is 11.8 Å². The van der Waals surface area contributed by atoms with Crippen LogP contribution >= 0.6 is 0 Å². The maximum absolute atomic E-state index is 12.5. The van der Waals surface area contributed by atoms with E-state index >= 15 is 0 Å². The Hall–Kier alpha value is -2.34. The van der Waals surface area contributed by atoms with Crippen LogP contribution in [0.1, 0.15) is 29.7 Å². The number of hydrogen-bond acceptors (Lipinski definition) is 5. The van der Waals surface area contributed by atoms with Gasteiger partial charge in [-0.15, -0.1) is 0 Å². The van der Waals surface area contributed by atoms with Crippen LogP contribution in [0.4, 0.5) is 5.95 Å². The second kappa shape index (κ2) is 5.70. The molecule has 120 valence electrons. The lowest BCUT2D eigenvalue weighted by molar-refractivity contribution is 0.145. The summed E-state index contributed by atoms with van der Waals surface area (Å²) in [6.07, 6.45) is 1.68. The number of aromatic nitrogens is 2. The molecule has 2 aliphatic rings. The van der Waals surface area contributed by atoms with E-state index in [9.17, 15) is 9.90 Å². The predicted molar refractivity (Wildman–Crippen MR) is 85.9 cm³/mol. The maximum atomic E-state index is 12.5. The first-order valence-electron chi connectivity index (χ1n) is 7.96. The number of nitrogens with zero attached hydrogens (tertiary/aromatic N) is 2. The molecule has 1 aromatic heterocycles. The third-order valence-corrected chi connectivity index (χ3v) is 4.56. The highest BCUT2D eigenvalue weighted by Crippen LogP contribution is 2.26. The number of piperidine rings is 1. The fraction of sp³-hybridized carbons (Fsp3) is 0.412. The van der Waals surface area contributed by atoms with Gasteiger partial charge in [0.15, 0.2) is 0 Å². The molecule has 1 fully saturated rings. The summed E-state index contributed by atoms with van der Waals surface area (Å²) in [4.78, 5) is 22.1. The molecule has 0 spiro atoms. The summed E-state index contributed by atoms with van der Waals surface area (Å²) in [7, 11) is 0. The zero-order chi connectivity index (χ0) is 15.8. The van der Waals surface area contributed by atoms with Crippen molar-refractivity contribution in [2.45, 2.75) is 32.0 Å². The number of aliphatic hydroxyl groups excluding tert-OH is 1. The van der Waals surface area contributed by atoms with E-state index in [1.807, 2.05) is 29.2 Å². The van der Waals surface area contributed by atoms with Crippen molar-refractivity contribution in [1.29, 1.82) is 0 Å². The molecule has 3 heterocycles. The Morgan fingerprint density at radius 2 is 2.04 bits per heavy atom. The number of fused-ring (bicyclic) bond motifs is 2. The third-order valence-electron chi connectivity index (χ3n) is 4.56. The van der Waals surface area contributed by atoms with E-state index < -0.39 is 0 Å². The van der Waals surface area contributed by atoms with Gasteiger partial charge in [-0.05, 0) is 24.5 Å². The number of nitrogens with one attached hydrogen (secondary N) is 1. The van der Waals surface area contributed by atoms with Crippen molar-refractivity contribution < 1.29 is 9.84 Å². The summed E-state index contributed by atoms with van der Waals surface area (Å²) in [5.41, 5.74) is 2.28. The first-order chi connectivity index (χ1) is 11.2. The van der Waals surface area contributed by atoms with Gasteiger partial charge in [-0.1, -0.05) is 18.2 Å². The van der Waals surface area contributed by atoms with Crippen LogP contribution in [0.5, 0.6) is 5.75 Å². The van der Waals surface area contributed by atoms with Crippen molar-refractivity contribution in [2.75, 3.05) is 18.0 Å². The van der Waals surface area contributed by atoms with E-state index in [1.54, 1.807) is 0 Å². The van der Waals surface area contributed by atoms with Crippen molar-refractivity contribution in [3.8, 4) is 5.75 Å². The van der Waals surface area contributed by atoms with Crippen molar-refractivity contribution >= 4 is 5.95 Å². The van der Waals surface area contributed by atoms with Gasteiger partial charge in [0.1, 0.15) is 12.4 Å². The predicted octanol–water partition coefficient (Wildman–Crippen LogP) is 1.21. The average molecular weight is 313 g/mol. The normalized spacial score (nSPS) is 17.9. The zero-order valence-electron chi connectivity index (χ0n) is 12.8. The van der Waals surface area contributed by atoms with Crippen molar-refractivity contribution in [3.05, 3.63) is 51.4 Å². The van der Waals surface area contributed by atoms with Gasteiger partial charge in [-0.25, -0.2) is 4.98 Å². The number of aromatic amines is 1. The van der Waals surface area contributed by atoms with Crippen molar-refractivity contribution in [3.63, 3.8) is 0 Å². The number of anilines is 1. The smallest absolute Gasteiger partial charge is 0.256 e. The minimum Gasteiger partial charge on any atom is -0.487 e. The highest BCUT2D eigenvalue weighted by molar-refractivity contribution is 5.42. The van der Waals surface area contributed by atoms with Gasteiger partial charge in [0, 0.05) is 25.1 Å². The Labute approximate surface area is 133 Å². The fourth-order valence-electron chi connectivity index (χ4n) is 3.19. The maximum Gasteiger partial charge on any atom is 0.256 e. The topological polar surface area (TPSA) is 78.5 Å². The van der Waals surface area contributed by atoms with Crippen LogP contribution in [0.3, 0.4) is 0 Å². The van der Waals surface area contributed by atoms with E-state index in [0.29, 0.717) is 56.2 Å². The first kappa shape index (κ1) is 14.3. The van der Waals surface area contributed by atoms with Gasteiger partial charge in [0.25, 0.3) is 5.56 Å². The molecular formula is C17H19N3O3. The minimum atomic E-state index is -0.253. The molecule has 4 rings (SSSR count). The number of hydrogen-bond donors (Lipinski definition) is 2. The molecule has 6 nitrogen and oxygen atoms in total. The number of rotatable bonds is 1. The molecule has 0 amide bonds. The monoisotopic (exact) mass is 313 g/mol. The van der Waals surface area contributed by atoms with Gasteiger partial charge in [-0.3, -0.25) is 9.78 Å². The molecule has 2 aliphatic heterocycles. The molecule has 23 heavy (non-hydrogen) atoms. The first-order valence-corrected chi connectivity index (χ1v) is 7.96. The number of H-pyrrole nitrogens is 1. The molecule has 0 aliphatic carbocycles. The second-order valence-corrected chi connectivity index (χ2v) is 6.11. The Balaban J connectivity index is 1.68. The van der Waals surface area contributed by atoms with E-state index in [4.69, 9.17) is 4.74 Å². The van der Waals surface area contributed by atoms with Crippen LogP contribution < -0.4 is 15.2 Å². The Kier molecular flexibility index (Phi) is 3.53. The molecule has 6 heteroatoms. The zero-order valence-corrected chi connectivity index (χ0v) is 12.8. The summed E-state index contributed by atoms with van der Waals surface area (Å²) in [5, 5.41) is 9.62. The summed E-state index contributed by atoms with van der Waals surface area (Å²) >= 11 is 0. The summed E-state index contributed by atoms with van der Waals surface area (Å²) in [5.74, 6) is 1.39. The molecule has 0 atom stereocenters. The molecule has 1 saturated heterocycles. The van der Waals surface area contributed by atoms with Crippen LogP contribution in [-0.4, -0.2) is 34.3 Å². The number of ether oxygens (including phenoxy) is 1. The van der Waals surface area contributed by atoms with Crippen LogP contribution in [0, 0.1) is 0 Å². The highest BCUT2D eigenvalue weighted by atomic mass is 16.5. The third kappa shape index (κ3) is 2.70. The van der Waals surface area contributed by atoms with E-state index in [2.05, 4.69) is 9.97 Å². The molecule has 0 bridgehead atoms. The highest BCUT2D eigenvalue weighted by Gasteiger charge is 2.23.